The highest BCUT2D eigenvalue weighted by Crippen LogP contribution is 2.20. The smallest absolute Gasteiger partial charge is 0.243 e. The molecule has 1 aromatic rings. The van der Waals surface area contributed by atoms with Gasteiger partial charge >= 0.3 is 0 Å². The molecule has 0 heterocycles. The Kier molecular flexibility index (Phi) is 6.17. The highest BCUT2D eigenvalue weighted by Gasteiger charge is 2.27. The number of nitrogens with zero attached hydrogens (tertiary/aromatic N) is 1. The number of sulfonamides is 1. The molecular weight excluding hydrogens is 274 g/mol. The second-order valence-corrected chi connectivity index (χ2v) is 7.57. The lowest BCUT2D eigenvalue weighted by Gasteiger charge is -2.27. The molecule has 0 aliphatic rings. The average Bonchev–Trinajstić information content (AvgIpc) is 2.36. The first-order valence-electron chi connectivity index (χ1n) is 7.00. The zero-order valence-electron chi connectivity index (χ0n) is 12.7. The minimum absolute atomic E-state index is 0.0670. The molecule has 1 N–H and O–H groups in total. The van der Waals surface area contributed by atoms with E-state index in [2.05, 4.69) is 0 Å². The lowest BCUT2D eigenvalue weighted by molar-refractivity contribution is 0.299. The molecule has 0 aliphatic heterocycles. The number of hydrogen-bond donors (Lipinski definition) is 1. The Morgan fingerprint density at radius 2 is 1.65 bits per heavy atom. The molecule has 0 fully saturated rings. The number of benzene rings is 1. The number of aliphatic hydroxyl groups is 1. The van der Waals surface area contributed by atoms with Gasteiger partial charge in [-0.15, -0.1) is 0 Å². The Morgan fingerprint density at radius 3 is 2.05 bits per heavy atom. The van der Waals surface area contributed by atoms with Crippen LogP contribution in [0.5, 0.6) is 0 Å². The van der Waals surface area contributed by atoms with E-state index in [1.807, 2.05) is 27.7 Å². The van der Waals surface area contributed by atoms with Gasteiger partial charge in [-0.05, 0) is 43.9 Å². The third-order valence-electron chi connectivity index (χ3n) is 3.05. The van der Waals surface area contributed by atoms with E-state index in [9.17, 15) is 8.42 Å². The van der Waals surface area contributed by atoms with Crippen LogP contribution in [0.1, 0.15) is 33.3 Å². The zero-order valence-corrected chi connectivity index (χ0v) is 13.5. The number of rotatable bonds is 7. The summed E-state index contributed by atoms with van der Waals surface area (Å²) in [7, 11) is -3.46. The Morgan fingerprint density at radius 1 is 1.10 bits per heavy atom. The minimum Gasteiger partial charge on any atom is -0.396 e. The van der Waals surface area contributed by atoms with Crippen LogP contribution < -0.4 is 0 Å². The first-order chi connectivity index (χ1) is 9.28. The summed E-state index contributed by atoms with van der Waals surface area (Å²) >= 11 is 0. The highest BCUT2D eigenvalue weighted by molar-refractivity contribution is 7.89. The van der Waals surface area contributed by atoms with Gasteiger partial charge < -0.3 is 5.11 Å². The van der Waals surface area contributed by atoms with E-state index in [0.29, 0.717) is 17.9 Å². The van der Waals surface area contributed by atoms with Crippen LogP contribution in [0.15, 0.2) is 29.2 Å². The predicted octanol–water partition coefficient (Wildman–Crippen LogP) is 2.28. The minimum atomic E-state index is -3.46. The standard InChI is InChI=1S/C15H25NO3S/c1-12(2)11-16(13(3)4)20(18,19)15-7-5-14(6-8-15)9-10-17/h5-8,12-13,17H,9-11H2,1-4H3. The molecule has 0 radical (unpaired) electrons. The largest absolute Gasteiger partial charge is 0.396 e. The number of aliphatic hydroxyl groups excluding tert-OH is 1. The van der Waals surface area contributed by atoms with E-state index >= 15 is 0 Å². The molecule has 0 amide bonds. The van der Waals surface area contributed by atoms with Gasteiger partial charge in [0.05, 0.1) is 4.90 Å². The van der Waals surface area contributed by atoms with Gasteiger partial charge in [-0.2, -0.15) is 4.31 Å². The third kappa shape index (κ3) is 4.30. The second-order valence-electron chi connectivity index (χ2n) is 5.68. The summed E-state index contributed by atoms with van der Waals surface area (Å²) in [6.07, 6.45) is 0.542. The summed E-state index contributed by atoms with van der Waals surface area (Å²) in [6.45, 7) is 8.38. The van der Waals surface area contributed by atoms with Gasteiger partial charge in [0, 0.05) is 19.2 Å². The van der Waals surface area contributed by atoms with Gasteiger partial charge in [0.25, 0.3) is 0 Å². The molecular formula is C15H25NO3S. The van der Waals surface area contributed by atoms with E-state index in [1.54, 1.807) is 28.6 Å². The van der Waals surface area contributed by atoms with Crippen LogP contribution in [0.3, 0.4) is 0 Å². The predicted molar refractivity (Wildman–Crippen MR) is 81.1 cm³/mol. The fourth-order valence-corrected chi connectivity index (χ4v) is 3.84. The van der Waals surface area contributed by atoms with Crippen LogP contribution in [0.4, 0.5) is 0 Å². The Balaban J connectivity index is 3.06. The van der Waals surface area contributed by atoms with E-state index in [0.717, 1.165) is 5.56 Å². The fourth-order valence-electron chi connectivity index (χ4n) is 2.04. The Hall–Kier alpha value is -0.910. The molecule has 0 aliphatic carbocycles. The van der Waals surface area contributed by atoms with Crippen LogP contribution in [0.2, 0.25) is 0 Å². The zero-order chi connectivity index (χ0) is 15.3. The molecule has 114 valence electrons. The average molecular weight is 299 g/mol. The van der Waals surface area contributed by atoms with Crippen molar-refractivity contribution < 1.29 is 13.5 Å². The fraction of sp³-hybridized carbons (Fsp3) is 0.600. The van der Waals surface area contributed by atoms with Crippen molar-refractivity contribution >= 4 is 10.0 Å². The molecule has 1 rings (SSSR count). The van der Waals surface area contributed by atoms with Crippen molar-refractivity contribution in [1.29, 1.82) is 0 Å². The molecule has 0 saturated heterocycles. The molecule has 5 heteroatoms. The lowest BCUT2D eigenvalue weighted by Crippen LogP contribution is -2.39. The molecule has 0 saturated carbocycles. The summed E-state index contributed by atoms with van der Waals surface area (Å²) in [5.74, 6) is 0.279. The van der Waals surface area contributed by atoms with E-state index in [4.69, 9.17) is 5.11 Å². The summed E-state index contributed by atoms with van der Waals surface area (Å²) in [5.41, 5.74) is 0.936. The van der Waals surface area contributed by atoms with E-state index in [1.165, 1.54) is 0 Å². The maximum Gasteiger partial charge on any atom is 0.243 e. The number of hydrogen-bond acceptors (Lipinski definition) is 3. The first kappa shape index (κ1) is 17.1. The van der Waals surface area contributed by atoms with Crippen molar-refractivity contribution in [3.63, 3.8) is 0 Å². The van der Waals surface area contributed by atoms with Gasteiger partial charge in [0.1, 0.15) is 0 Å². The maximum atomic E-state index is 12.7. The van der Waals surface area contributed by atoms with Crippen LogP contribution >= 0.6 is 0 Å². The Labute approximate surface area is 122 Å². The molecule has 20 heavy (non-hydrogen) atoms. The molecule has 0 atom stereocenters. The third-order valence-corrected chi connectivity index (χ3v) is 5.11. The van der Waals surface area contributed by atoms with Crippen molar-refractivity contribution in [2.24, 2.45) is 5.92 Å². The van der Waals surface area contributed by atoms with Crippen molar-refractivity contribution in [2.75, 3.05) is 13.2 Å². The topological polar surface area (TPSA) is 57.6 Å². The van der Waals surface area contributed by atoms with Crippen molar-refractivity contribution in [2.45, 2.75) is 45.1 Å². The molecule has 1 aromatic carbocycles. The van der Waals surface area contributed by atoms with Gasteiger partial charge in [-0.3, -0.25) is 0 Å². The van der Waals surface area contributed by atoms with Crippen LogP contribution in [0.25, 0.3) is 0 Å². The van der Waals surface area contributed by atoms with Gasteiger partial charge in [-0.1, -0.05) is 26.0 Å². The maximum absolute atomic E-state index is 12.7. The normalized spacial score (nSPS) is 12.6. The van der Waals surface area contributed by atoms with E-state index < -0.39 is 10.0 Å². The quantitative estimate of drug-likeness (QED) is 0.840. The van der Waals surface area contributed by atoms with Crippen LogP contribution in [-0.4, -0.2) is 37.0 Å². The lowest BCUT2D eigenvalue weighted by atomic mass is 10.2. The van der Waals surface area contributed by atoms with Crippen molar-refractivity contribution in [3.8, 4) is 0 Å². The highest BCUT2D eigenvalue weighted by atomic mass is 32.2. The molecule has 0 bridgehead atoms. The second kappa shape index (κ2) is 7.20. The van der Waals surface area contributed by atoms with E-state index in [-0.39, 0.29) is 18.6 Å². The summed E-state index contributed by atoms with van der Waals surface area (Å²) in [6, 6.07) is 6.69. The van der Waals surface area contributed by atoms with Crippen molar-refractivity contribution in [1.82, 2.24) is 4.31 Å². The summed E-state index contributed by atoms with van der Waals surface area (Å²) in [4.78, 5) is 0.313. The Bertz CT molecular complexity index is 506. The molecule has 0 aromatic heterocycles. The summed E-state index contributed by atoms with van der Waals surface area (Å²) < 4.78 is 26.9. The van der Waals surface area contributed by atoms with Gasteiger partial charge in [-0.25, -0.2) is 8.42 Å². The molecule has 4 nitrogen and oxygen atoms in total. The monoisotopic (exact) mass is 299 g/mol. The van der Waals surface area contributed by atoms with Crippen LogP contribution in [0, 0.1) is 5.92 Å². The SMILES string of the molecule is CC(C)CN(C(C)C)S(=O)(=O)c1ccc(CCO)cc1. The van der Waals surface area contributed by atoms with Gasteiger partial charge in [0.2, 0.25) is 10.0 Å². The molecule has 0 spiro atoms. The van der Waals surface area contributed by atoms with Crippen molar-refractivity contribution in [3.05, 3.63) is 29.8 Å². The first-order valence-corrected chi connectivity index (χ1v) is 8.44. The van der Waals surface area contributed by atoms with Gasteiger partial charge in [0.15, 0.2) is 0 Å². The molecule has 0 unspecified atom stereocenters. The summed E-state index contributed by atoms with van der Waals surface area (Å²) in [5, 5.41) is 8.88. The van der Waals surface area contributed by atoms with Crippen LogP contribution in [-0.2, 0) is 16.4 Å².